The molecular formula is C74H70Cl3N9O6. The second kappa shape index (κ2) is 36.0. The summed E-state index contributed by atoms with van der Waals surface area (Å²) in [5, 5.41) is 18.0. The molecule has 9 aromatic rings. The standard InChI is InChI=1S/C26H26ClN3O2.C24H20ClN3O2.C21H18ClN3O.C3H6O/c1-30(2)17-24(31)13-14-25(32)20-6-3-18(4-7-20)5-8-21-15-22(16-29-26(21)28)19-9-11-23(27)12-10-19;1-2-23(30)27-13-3-4-22(29)17-8-5-16(6-9-17)7-12-20-21-14-19(25)11-10-18(21)15-28-24(20)26;22-17-9-8-16-13-25-21(24)18(19(16)12-17)10-5-14-3-6-15(7-4-14)20(26)2-1-11-23;1-3(2)4/h3-4,6-7,9-12,15-16,24,31H,13-14,17H2,1-2H3,(H2,28,29);2,5-6,8-11,14-15H,1,3-4,13H2,(H2,26,28)(H,27,30);3-4,6-9,12-13H,1-2,11,23H2,(H2,24,25);1-2H3. The molecule has 9 rings (SSSR count). The number of rotatable bonds is 17. The van der Waals surface area contributed by atoms with E-state index in [0.717, 1.165) is 49.4 Å². The van der Waals surface area contributed by atoms with Crippen LogP contribution in [0.5, 0.6) is 0 Å². The number of fused-ring (bicyclic) bond motifs is 2. The van der Waals surface area contributed by atoms with E-state index in [9.17, 15) is 29.1 Å². The lowest BCUT2D eigenvalue weighted by Crippen LogP contribution is -2.26. The molecule has 0 radical (unpaired) electrons. The summed E-state index contributed by atoms with van der Waals surface area (Å²) in [6.07, 6.45) is 8.60. The molecule has 18 heteroatoms. The zero-order valence-electron chi connectivity index (χ0n) is 51.5. The molecule has 0 aliphatic rings. The third-order valence-electron chi connectivity index (χ3n) is 13.4. The Hall–Kier alpha value is -9.99. The third-order valence-corrected chi connectivity index (χ3v) is 14.2. The van der Waals surface area contributed by atoms with Crippen LogP contribution in [-0.4, -0.2) is 93.8 Å². The van der Waals surface area contributed by atoms with Crippen LogP contribution in [0.15, 0.2) is 171 Å². The Morgan fingerprint density at radius 1 is 0.554 bits per heavy atom. The lowest BCUT2D eigenvalue weighted by atomic mass is 10.0. The molecule has 6 aromatic carbocycles. The number of aliphatic hydroxyl groups excluding tert-OH is 1. The second-order valence-electron chi connectivity index (χ2n) is 21.3. The average Bonchev–Trinajstić information content (AvgIpc) is 1.18. The molecule has 1 amide bonds. The van der Waals surface area contributed by atoms with Gasteiger partial charge in [-0.05, 0) is 144 Å². The maximum atomic E-state index is 12.4. The van der Waals surface area contributed by atoms with Crippen LogP contribution < -0.4 is 28.3 Å². The number of hydrogen-bond acceptors (Lipinski definition) is 14. The number of ketones is 4. The van der Waals surface area contributed by atoms with Crippen molar-refractivity contribution in [2.75, 3.05) is 50.9 Å². The van der Waals surface area contributed by atoms with Crippen molar-refractivity contribution in [3.63, 3.8) is 0 Å². The molecule has 0 aliphatic heterocycles. The van der Waals surface area contributed by atoms with Gasteiger partial charge in [-0.2, -0.15) is 0 Å². The number of carbonyl (C=O) groups is 5. The molecule has 10 N–H and O–H groups in total. The van der Waals surface area contributed by atoms with Gasteiger partial charge in [-0.3, -0.25) is 19.2 Å². The van der Waals surface area contributed by atoms with Crippen molar-refractivity contribution in [1.29, 1.82) is 0 Å². The molecule has 3 aromatic heterocycles. The summed E-state index contributed by atoms with van der Waals surface area (Å²) in [7, 11) is 3.78. The summed E-state index contributed by atoms with van der Waals surface area (Å²) in [5.41, 5.74) is 31.4. The van der Waals surface area contributed by atoms with Crippen molar-refractivity contribution in [2.24, 2.45) is 5.73 Å². The summed E-state index contributed by atoms with van der Waals surface area (Å²) in [4.78, 5) is 71.7. The fourth-order valence-electron chi connectivity index (χ4n) is 8.70. The van der Waals surface area contributed by atoms with Crippen molar-refractivity contribution in [3.05, 3.63) is 236 Å². The van der Waals surface area contributed by atoms with Crippen LogP contribution in [0.1, 0.15) is 117 Å². The number of hydrogen-bond donors (Lipinski definition) is 6. The number of aliphatic hydroxyl groups is 1. The number of aromatic nitrogens is 3. The van der Waals surface area contributed by atoms with E-state index in [4.69, 9.17) is 57.7 Å². The van der Waals surface area contributed by atoms with E-state index in [-0.39, 0.29) is 29.0 Å². The molecule has 1 atom stereocenters. The van der Waals surface area contributed by atoms with Crippen LogP contribution in [0, 0.1) is 35.5 Å². The van der Waals surface area contributed by atoms with Crippen molar-refractivity contribution in [2.45, 2.75) is 58.5 Å². The number of Topliss-reactive ketones (excluding diaryl/α,β-unsaturated/α-hetero) is 4. The molecule has 1 unspecified atom stereocenters. The Kier molecular flexibility index (Phi) is 27.8. The highest BCUT2D eigenvalue weighted by atomic mass is 35.5. The minimum absolute atomic E-state index is 0.00595. The van der Waals surface area contributed by atoms with Gasteiger partial charge in [0.05, 0.1) is 22.8 Å². The number of benzene rings is 6. The zero-order valence-corrected chi connectivity index (χ0v) is 53.7. The van der Waals surface area contributed by atoms with Gasteiger partial charge < -0.3 is 43.1 Å². The van der Waals surface area contributed by atoms with Crippen LogP contribution >= 0.6 is 34.8 Å². The lowest BCUT2D eigenvalue weighted by Gasteiger charge is -2.15. The van der Waals surface area contributed by atoms with E-state index < -0.39 is 6.10 Å². The normalized spacial score (nSPS) is 10.6. The Labute approximate surface area is 551 Å². The van der Waals surface area contributed by atoms with Gasteiger partial charge in [-0.1, -0.05) is 138 Å². The Morgan fingerprint density at radius 3 is 1.42 bits per heavy atom. The fourth-order valence-corrected chi connectivity index (χ4v) is 9.17. The number of nitrogens with zero attached hydrogens (tertiary/aromatic N) is 4. The number of likely N-dealkylation sites (N-methyl/N-ethyl adjacent to an activating group) is 1. The lowest BCUT2D eigenvalue weighted by molar-refractivity contribution is -0.116. The number of nitrogens with one attached hydrogen (secondary N) is 1. The number of halogens is 3. The highest BCUT2D eigenvalue weighted by molar-refractivity contribution is 6.32. The predicted molar refractivity (Wildman–Crippen MR) is 373 cm³/mol. The molecule has 0 aliphatic carbocycles. The van der Waals surface area contributed by atoms with Crippen molar-refractivity contribution in [1.82, 2.24) is 25.2 Å². The molecule has 15 nitrogen and oxygen atoms in total. The van der Waals surface area contributed by atoms with Gasteiger partial charge >= 0.3 is 0 Å². The van der Waals surface area contributed by atoms with Gasteiger partial charge in [-0.25, -0.2) is 15.0 Å². The highest BCUT2D eigenvalue weighted by Crippen LogP contribution is 2.28. The van der Waals surface area contributed by atoms with Crippen LogP contribution in [0.4, 0.5) is 17.5 Å². The first kappa shape index (κ1) is 71.1. The summed E-state index contributed by atoms with van der Waals surface area (Å²) in [5.74, 6) is 19.6. The fraction of sp³-hybridized carbons (Fsp3) is 0.189. The molecule has 3 heterocycles. The van der Waals surface area contributed by atoms with Gasteiger partial charge in [0.25, 0.3) is 0 Å². The maximum Gasteiger partial charge on any atom is 0.243 e. The Morgan fingerprint density at radius 2 is 0.978 bits per heavy atom. The van der Waals surface area contributed by atoms with Gasteiger partial charge in [0, 0.05) is 126 Å². The summed E-state index contributed by atoms with van der Waals surface area (Å²) < 4.78 is 0. The van der Waals surface area contributed by atoms with E-state index in [2.05, 4.69) is 62.4 Å². The molecular weight excluding hydrogens is 1220 g/mol. The number of amides is 1. The number of nitrogens with two attached hydrogens (primary N) is 4. The Balaban J connectivity index is 0.000000214. The van der Waals surface area contributed by atoms with Gasteiger partial charge in [0.15, 0.2) is 17.3 Å². The molecule has 0 fully saturated rings. The van der Waals surface area contributed by atoms with Gasteiger partial charge in [0.1, 0.15) is 23.2 Å². The number of carbonyl (C=O) groups excluding carboxylic acids is 5. The Bertz CT molecular complexity index is 4280. The molecule has 0 bridgehead atoms. The number of anilines is 3. The van der Waals surface area contributed by atoms with Crippen LogP contribution in [0.2, 0.25) is 15.1 Å². The summed E-state index contributed by atoms with van der Waals surface area (Å²) in [6, 6.07) is 41.8. The maximum absolute atomic E-state index is 12.4. The van der Waals surface area contributed by atoms with Crippen LogP contribution in [0.25, 0.3) is 32.7 Å². The minimum Gasteiger partial charge on any atom is -0.392 e. The smallest absolute Gasteiger partial charge is 0.243 e. The van der Waals surface area contributed by atoms with Gasteiger partial charge in [0.2, 0.25) is 5.91 Å². The third kappa shape index (κ3) is 22.8. The monoisotopic (exact) mass is 1290 g/mol. The van der Waals surface area contributed by atoms with Gasteiger partial charge in [-0.15, -0.1) is 0 Å². The van der Waals surface area contributed by atoms with E-state index in [1.54, 1.807) is 79.3 Å². The minimum atomic E-state index is -0.512. The largest absolute Gasteiger partial charge is 0.392 e. The van der Waals surface area contributed by atoms with E-state index in [0.29, 0.717) is 124 Å². The first-order valence-corrected chi connectivity index (χ1v) is 30.3. The quantitative estimate of drug-likeness (QED) is 0.0214. The highest BCUT2D eigenvalue weighted by Gasteiger charge is 2.13. The van der Waals surface area contributed by atoms with Crippen molar-refractivity contribution >= 4 is 103 Å². The SMILES string of the molecule is C=CC(=O)NCCCC(=O)c1ccc(C#Cc2c(N)ncc3ccc(Cl)cc23)cc1.CC(C)=O.CN(C)CC(O)CCC(=O)c1ccc(C#Cc2cc(-c3ccc(Cl)cc3)cnc2N)cc1.NCCCC(=O)c1ccc(C#Cc2c(N)ncc3ccc(Cl)cc23)cc1. The average molecular weight is 1290 g/mol. The first-order chi connectivity index (χ1) is 44.1. The molecule has 92 heavy (non-hydrogen) atoms. The second-order valence-corrected chi connectivity index (χ2v) is 22.6. The van der Waals surface area contributed by atoms with Crippen molar-refractivity contribution in [3.8, 4) is 46.6 Å². The van der Waals surface area contributed by atoms with E-state index in [1.165, 1.54) is 19.9 Å². The van der Waals surface area contributed by atoms with E-state index in [1.807, 2.05) is 97.9 Å². The molecule has 0 saturated heterocycles. The van der Waals surface area contributed by atoms with E-state index >= 15 is 0 Å². The summed E-state index contributed by atoms with van der Waals surface area (Å²) in [6.45, 7) is 7.93. The molecule has 0 spiro atoms. The number of nitrogen functional groups attached to an aromatic ring is 3. The summed E-state index contributed by atoms with van der Waals surface area (Å²) >= 11 is 18.2. The van der Waals surface area contributed by atoms with Crippen LogP contribution in [0.3, 0.4) is 0 Å². The molecule has 468 valence electrons. The number of pyridine rings is 3. The topological polar surface area (TPSA) is 264 Å². The molecule has 0 saturated carbocycles. The zero-order chi connectivity index (χ0) is 66.7. The van der Waals surface area contributed by atoms with Crippen LogP contribution in [-0.2, 0) is 9.59 Å². The van der Waals surface area contributed by atoms with Crippen molar-refractivity contribution < 1.29 is 29.1 Å². The predicted octanol–water partition coefficient (Wildman–Crippen LogP) is 12.8. The first-order valence-electron chi connectivity index (χ1n) is 29.2.